The molecular weight excluding hydrogens is 176 g/mol. The molecule has 0 radical (unpaired) electrons. The van der Waals surface area contributed by atoms with E-state index in [1.165, 1.54) is 0 Å². The van der Waals surface area contributed by atoms with Crippen LogP contribution in [0.4, 0.5) is 0 Å². The molecule has 0 aliphatic rings. The number of unbranched alkanes of at least 4 members (excludes halogenated alkanes) is 2. The number of hydrogen-bond acceptors (Lipinski definition) is 2. The number of amides is 1. The first-order chi connectivity index (χ1) is 6.81. The van der Waals surface area contributed by atoms with Crippen LogP contribution in [-0.2, 0) is 4.79 Å². The van der Waals surface area contributed by atoms with Crippen LogP contribution in [-0.4, -0.2) is 26.0 Å². The number of hydrogen-bond donors (Lipinski definition) is 2. The molecule has 0 aromatic heterocycles. The Morgan fingerprint density at radius 1 is 1.29 bits per heavy atom. The maximum atomic E-state index is 11.2. The summed E-state index contributed by atoms with van der Waals surface area (Å²) in [5.74, 6) is 2.70. The monoisotopic (exact) mass is 196 g/mol. The van der Waals surface area contributed by atoms with Crippen LogP contribution in [0.1, 0.15) is 32.1 Å². The van der Waals surface area contributed by atoms with Crippen molar-refractivity contribution in [3.05, 3.63) is 0 Å². The van der Waals surface area contributed by atoms with E-state index in [4.69, 9.17) is 6.42 Å². The number of nitrogens with one attached hydrogen (secondary N) is 2. The molecule has 0 aliphatic heterocycles. The first-order valence-electron chi connectivity index (χ1n) is 5.16. The zero-order valence-corrected chi connectivity index (χ0v) is 8.94. The molecule has 80 valence electrons. The fourth-order valence-corrected chi connectivity index (χ4v) is 1.09. The van der Waals surface area contributed by atoms with Gasteiger partial charge in [0, 0.05) is 19.4 Å². The Balaban J connectivity index is 3.16. The minimum atomic E-state index is 0.137. The third-order valence-corrected chi connectivity index (χ3v) is 1.90. The highest BCUT2D eigenvalue weighted by Gasteiger charge is 1.98. The molecule has 0 aromatic rings. The third-order valence-electron chi connectivity index (χ3n) is 1.90. The van der Waals surface area contributed by atoms with Gasteiger partial charge in [-0.3, -0.25) is 4.79 Å². The fraction of sp³-hybridized carbons (Fsp3) is 0.727. The lowest BCUT2D eigenvalue weighted by Gasteiger charge is -2.03. The van der Waals surface area contributed by atoms with E-state index in [0.29, 0.717) is 6.42 Å². The van der Waals surface area contributed by atoms with Gasteiger partial charge in [0.15, 0.2) is 0 Å². The first-order valence-corrected chi connectivity index (χ1v) is 5.16. The Labute approximate surface area is 86.6 Å². The van der Waals surface area contributed by atoms with Crippen LogP contribution in [0.15, 0.2) is 0 Å². The molecule has 3 heteroatoms. The highest BCUT2D eigenvalue weighted by molar-refractivity contribution is 5.75. The van der Waals surface area contributed by atoms with Crippen LogP contribution in [0, 0.1) is 12.3 Å². The van der Waals surface area contributed by atoms with Crippen LogP contribution in [0.2, 0.25) is 0 Å². The standard InChI is InChI=1S/C11H20N2O/c1-3-4-5-6-8-11(14)13-10-7-9-12-2/h1,12H,4-10H2,2H3,(H,13,14). The van der Waals surface area contributed by atoms with E-state index in [1.807, 2.05) is 7.05 Å². The molecule has 0 unspecified atom stereocenters. The van der Waals surface area contributed by atoms with Crippen molar-refractivity contribution in [2.45, 2.75) is 32.1 Å². The summed E-state index contributed by atoms with van der Waals surface area (Å²) in [5.41, 5.74) is 0. The van der Waals surface area contributed by atoms with Crippen LogP contribution in [0.5, 0.6) is 0 Å². The smallest absolute Gasteiger partial charge is 0.219 e. The second-order valence-electron chi connectivity index (χ2n) is 3.22. The highest BCUT2D eigenvalue weighted by atomic mass is 16.1. The lowest BCUT2D eigenvalue weighted by Crippen LogP contribution is -2.26. The van der Waals surface area contributed by atoms with Gasteiger partial charge in [-0.05, 0) is 32.9 Å². The third kappa shape index (κ3) is 9.08. The van der Waals surface area contributed by atoms with Gasteiger partial charge in [0.05, 0.1) is 0 Å². The lowest BCUT2D eigenvalue weighted by atomic mass is 10.2. The molecule has 0 heterocycles. The van der Waals surface area contributed by atoms with Gasteiger partial charge in [-0.15, -0.1) is 12.3 Å². The predicted molar refractivity (Wildman–Crippen MR) is 58.9 cm³/mol. The van der Waals surface area contributed by atoms with Crippen LogP contribution >= 0.6 is 0 Å². The van der Waals surface area contributed by atoms with Crippen molar-refractivity contribution < 1.29 is 4.79 Å². The van der Waals surface area contributed by atoms with Gasteiger partial charge in [-0.2, -0.15) is 0 Å². The molecule has 0 spiro atoms. The van der Waals surface area contributed by atoms with E-state index >= 15 is 0 Å². The molecule has 0 saturated heterocycles. The summed E-state index contributed by atoms with van der Waals surface area (Å²) in [4.78, 5) is 11.2. The zero-order valence-electron chi connectivity index (χ0n) is 8.94. The Hall–Kier alpha value is -1.01. The molecule has 3 nitrogen and oxygen atoms in total. The summed E-state index contributed by atoms with van der Waals surface area (Å²) in [6, 6.07) is 0. The predicted octanol–water partition coefficient (Wildman–Crippen LogP) is 0.906. The van der Waals surface area contributed by atoms with Gasteiger partial charge >= 0.3 is 0 Å². The summed E-state index contributed by atoms with van der Waals surface area (Å²) in [6.07, 6.45) is 9.29. The largest absolute Gasteiger partial charge is 0.356 e. The molecule has 0 atom stereocenters. The summed E-state index contributed by atoms with van der Waals surface area (Å²) < 4.78 is 0. The average Bonchev–Trinajstić information content (AvgIpc) is 2.19. The Morgan fingerprint density at radius 3 is 2.71 bits per heavy atom. The topological polar surface area (TPSA) is 41.1 Å². The van der Waals surface area contributed by atoms with Crippen LogP contribution in [0.3, 0.4) is 0 Å². The van der Waals surface area contributed by atoms with E-state index in [1.54, 1.807) is 0 Å². The molecule has 1 amide bonds. The molecule has 2 N–H and O–H groups in total. The Kier molecular flexibility index (Phi) is 9.35. The van der Waals surface area contributed by atoms with E-state index in [9.17, 15) is 4.79 Å². The fourth-order valence-electron chi connectivity index (χ4n) is 1.09. The molecule has 0 saturated carbocycles. The van der Waals surface area contributed by atoms with Gasteiger partial charge < -0.3 is 10.6 Å². The summed E-state index contributed by atoms with van der Waals surface area (Å²) in [7, 11) is 1.90. The van der Waals surface area contributed by atoms with Crippen LogP contribution in [0.25, 0.3) is 0 Å². The highest BCUT2D eigenvalue weighted by Crippen LogP contribution is 1.98. The molecule has 0 aliphatic carbocycles. The summed E-state index contributed by atoms with van der Waals surface area (Å²) in [6.45, 7) is 1.70. The van der Waals surface area contributed by atoms with Gasteiger partial charge in [0.1, 0.15) is 0 Å². The number of rotatable bonds is 8. The van der Waals surface area contributed by atoms with Crippen molar-refractivity contribution in [2.24, 2.45) is 0 Å². The zero-order chi connectivity index (χ0) is 10.6. The van der Waals surface area contributed by atoms with E-state index in [-0.39, 0.29) is 5.91 Å². The molecule has 14 heavy (non-hydrogen) atoms. The number of carbonyl (C=O) groups excluding carboxylic acids is 1. The van der Waals surface area contributed by atoms with E-state index in [0.717, 1.165) is 38.8 Å². The second-order valence-corrected chi connectivity index (χ2v) is 3.22. The number of terminal acetylenes is 1. The Morgan fingerprint density at radius 2 is 2.07 bits per heavy atom. The minimum absolute atomic E-state index is 0.137. The van der Waals surface area contributed by atoms with Crippen molar-refractivity contribution in [3.63, 3.8) is 0 Å². The normalized spacial score (nSPS) is 9.43. The SMILES string of the molecule is C#CCCCCC(=O)NCCCNC. The van der Waals surface area contributed by atoms with Gasteiger partial charge in [0.2, 0.25) is 5.91 Å². The first kappa shape index (κ1) is 13.0. The number of carbonyl (C=O) groups is 1. The maximum absolute atomic E-state index is 11.2. The molecule has 0 fully saturated rings. The van der Waals surface area contributed by atoms with Crippen molar-refractivity contribution in [2.75, 3.05) is 20.1 Å². The average molecular weight is 196 g/mol. The molecule has 0 bridgehead atoms. The van der Waals surface area contributed by atoms with Crippen molar-refractivity contribution in [3.8, 4) is 12.3 Å². The summed E-state index contributed by atoms with van der Waals surface area (Å²) >= 11 is 0. The van der Waals surface area contributed by atoms with Crippen molar-refractivity contribution in [1.82, 2.24) is 10.6 Å². The van der Waals surface area contributed by atoms with E-state index < -0.39 is 0 Å². The summed E-state index contributed by atoms with van der Waals surface area (Å²) in [5, 5.41) is 5.89. The van der Waals surface area contributed by atoms with Crippen LogP contribution < -0.4 is 10.6 Å². The second kappa shape index (κ2) is 10.1. The lowest BCUT2D eigenvalue weighted by molar-refractivity contribution is -0.121. The maximum Gasteiger partial charge on any atom is 0.219 e. The molecular formula is C11H20N2O. The molecule has 0 rings (SSSR count). The van der Waals surface area contributed by atoms with Gasteiger partial charge in [-0.25, -0.2) is 0 Å². The van der Waals surface area contributed by atoms with Gasteiger partial charge in [-0.1, -0.05) is 0 Å². The van der Waals surface area contributed by atoms with Crippen molar-refractivity contribution >= 4 is 5.91 Å². The van der Waals surface area contributed by atoms with E-state index in [2.05, 4.69) is 16.6 Å². The van der Waals surface area contributed by atoms with Gasteiger partial charge in [0.25, 0.3) is 0 Å². The Bertz CT molecular complexity index is 184. The quantitative estimate of drug-likeness (QED) is 0.447. The minimum Gasteiger partial charge on any atom is -0.356 e. The molecule has 0 aromatic carbocycles. The van der Waals surface area contributed by atoms with Crippen molar-refractivity contribution in [1.29, 1.82) is 0 Å².